The van der Waals surface area contributed by atoms with Gasteiger partial charge in [0.15, 0.2) is 0 Å². The second-order valence-electron chi connectivity index (χ2n) is 3.78. The van der Waals surface area contributed by atoms with E-state index < -0.39 is 5.38 Å². The monoisotopic (exact) mass is 219 g/mol. The van der Waals surface area contributed by atoms with E-state index >= 15 is 0 Å². The number of rotatable bonds is 7. The third kappa shape index (κ3) is 6.25. The molecule has 2 atom stereocenters. The zero-order valence-electron chi connectivity index (χ0n) is 9.48. The van der Waals surface area contributed by atoms with Crippen LogP contribution in [0.3, 0.4) is 0 Å². The number of hydrogen-bond acceptors (Lipinski definition) is 1. The van der Waals surface area contributed by atoms with Gasteiger partial charge in [-0.2, -0.15) is 0 Å². The highest BCUT2D eigenvalue weighted by Gasteiger charge is 2.11. The molecular formula is C11H22ClNO. The highest BCUT2D eigenvalue weighted by Crippen LogP contribution is 2.11. The fourth-order valence-corrected chi connectivity index (χ4v) is 1.41. The quantitative estimate of drug-likeness (QED) is 0.656. The number of halogens is 1. The summed E-state index contributed by atoms with van der Waals surface area (Å²) in [5.74, 6) is 0.552. The van der Waals surface area contributed by atoms with Gasteiger partial charge in [-0.1, -0.05) is 33.1 Å². The van der Waals surface area contributed by atoms with Crippen molar-refractivity contribution < 1.29 is 4.79 Å². The third-order valence-electron chi connectivity index (χ3n) is 2.47. The molecule has 0 saturated carbocycles. The minimum absolute atomic E-state index is 0.0541. The average Bonchev–Trinajstić information content (AvgIpc) is 2.17. The Labute approximate surface area is 92.4 Å². The van der Waals surface area contributed by atoms with Crippen LogP contribution in [-0.4, -0.2) is 17.8 Å². The number of unbranched alkanes of at least 4 members (excludes halogenated alkanes) is 1. The Morgan fingerprint density at radius 3 is 2.50 bits per heavy atom. The molecule has 2 nitrogen and oxygen atoms in total. The highest BCUT2D eigenvalue weighted by molar-refractivity contribution is 6.30. The van der Waals surface area contributed by atoms with Crippen LogP contribution in [-0.2, 0) is 4.79 Å². The first-order chi connectivity index (χ1) is 6.61. The molecule has 3 heteroatoms. The fraction of sp³-hybridized carbons (Fsp3) is 0.909. The van der Waals surface area contributed by atoms with Gasteiger partial charge in [0.25, 0.3) is 0 Å². The van der Waals surface area contributed by atoms with Gasteiger partial charge in [-0.15, -0.1) is 11.6 Å². The van der Waals surface area contributed by atoms with Gasteiger partial charge >= 0.3 is 0 Å². The summed E-state index contributed by atoms with van der Waals surface area (Å²) in [5, 5.41) is 2.45. The van der Waals surface area contributed by atoms with Crippen molar-refractivity contribution in [2.24, 2.45) is 5.92 Å². The molecule has 0 aromatic carbocycles. The molecule has 1 amide bonds. The van der Waals surface area contributed by atoms with E-state index in [2.05, 4.69) is 19.2 Å². The zero-order chi connectivity index (χ0) is 11.0. The second-order valence-corrected chi connectivity index (χ2v) is 4.43. The number of carbonyl (C=O) groups is 1. The van der Waals surface area contributed by atoms with Crippen LogP contribution in [0.15, 0.2) is 0 Å². The SMILES string of the molecule is CCCC[C@H](CC)CNC(=O)[C@@H](C)Cl. The van der Waals surface area contributed by atoms with Gasteiger partial charge in [-0.05, 0) is 19.3 Å². The van der Waals surface area contributed by atoms with Crippen LogP contribution in [0.2, 0.25) is 0 Å². The van der Waals surface area contributed by atoms with Gasteiger partial charge < -0.3 is 5.32 Å². The van der Waals surface area contributed by atoms with Crippen molar-refractivity contribution in [1.82, 2.24) is 5.32 Å². The van der Waals surface area contributed by atoms with Crippen LogP contribution < -0.4 is 5.32 Å². The van der Waals surface area contributed by atoms with Crippen LogP contribution in [0.4, 0.5) is 0 Å². The summed E-state index contributed by atoms with van der Waals surface area (Å²) in [4.78, 5) is 11.2. The Hall–Kier alpha value is -0.240. The normalized spacial score (nSPS) is 14.9. The third-order valence-corrected chi connectivity index (χ3v) is 2.67. The minimum atomic E-state index is -0.418. The summed E-state index contributed by atoms with van der Waals surface area (Å²) >= 11 is 5.65. The van der Waals surface area contributed by atoms with E-state index in [1.807, 2.05) is 0 Å². The lowest BCUT2D eigenvalue weighted by Gasteiger charge is -2.15. The summed E-state index contributed by atoms with van der Waals surface area (Å²) in [7, 11) is 0. The lowest BCUT2D eigenvalue weighted by Crippen LogP contribution is -2.33. The van der Waals surface area contributed by atoms with Gasteiger partial charge in [-0.25, -0.2) is 0 Å². The maximum Gasteiger partial charge on any atom is 0.237 e. The van der Waals surface area contributed by atoms with E-state index in [0.29, 0.717) is 5.92 Å². The summed E-state index contributed by atoms with van der Waals surface area (Å²) < 4.78 is 0. The Morgan fingerprint density at radius 1 is 1.43 bits per heavy atom. The summed E-state index contributed by atoms with van der Waals surface area (Å²) in [6.07, 6.45) is 4.78. The Kier molecular flexibility index (Phi) is 7.96. The molecule has 0 saturated heterocycles. The predicted molar refractivity (Wildman–Crippen MR) is 61.6 cm³/mol. The van der Waals surface area contributed by atoms with Gasteiger partial charge in [0, 0.05) is 6.54 Å². The molecule has 0 unspecified atom stereocenters. The van der Waals surface area contributed by atoms with Crippen LogP contribution in [0, 0.1) is 5.92 Å². The second kappa shape index (κ2) is 8.10. The molecule has 0 aliphatic heterocycles. The smallest absolute Gasteiger partial charge is 0.237 e. The average molecular weight is 220 g/mol. The van der Waals surface area contributed by atoms with Gasteiger partial charge in [-0.3, -0.25) is 4.79 Å². The van der Waals surface area contributed by atoms with E-state index in [0.717, 1.165) is 13.0 Å². The molecule has 0 rings (SSSR count). The molecule has 84 valence electrons. The van der Waals surface area contributed by atoms with Crippen molar-refractivity contribution in [2.75, 3.05) is 6.54 Å². The van der Waals surface area contributed by atoms with Crippen LogP contribution in [0.1, 0.15) is 46.5 Å². The molecule has 0 spiro atoms. The molecule has 0 bridgehead atoms. The van der Waals surface area contributed by atoms with E-state index in [4.69, 9.17) is 11.6 Å². The number of amides is 1. The Bertz CT molecular complexity index is 159. The summed E-state index contributed by atoms with van der Waals surface area (Å²) in [5.41, 5.74) is 0. The first-order valence-electron chi connectivity index (χ1n) is 5.53. The Morgan fingerprint density at radius 2 is 2.07 bits per heavy atom. The molecule has 14 heavy (non-hydrogen) atoms. The standard InChI is InChI=1S/C11H22ClNO/c1-4-6-7-10(5-2)8-13-11(14)9(3)12/h9-10H,4-8H2,1-3H3,(H,13,14)/t9-,10+/m1/s1. The van der Waals surface area contributed by atoms with Gasteiger partial charge in [0.1, 0.15) is 5.38 Å². The van der Waals surface area contributed by atoms with Crippen molar-refractivity contribution in [3.8, 4) is 0 Å². The lowest BCUT2D eigenvalue weighted by molar-refractivity contribution is -0.120. The van der Waals surface area contributed by atoms with Crippen molar-refractivity contribution in [2.45, 2.75) is 51.8 Å². The molecule has 0 radical (unpaired) electrons. The minimum Gasteiger partial charge on any atom is -0.355 e. The number of alkyl halides is 1. The predicted octanol–water partition coefficient (Wildman–Crippen LogP) is 2.95. The molecule has 0 heterocycles. The summed E-state index contributed by atoms with van der Waals surface area (Å²) in [6.45, 7) is 6.82. The largest absolute Gasteiger partial charge is 0.355 e. The van der Waals surface area contributed by atoms with Crippen LogP contribution >= 0.6 is 11.6 Å². The van der Waals surface area contributed by atoms with Gasteiger partial charge in [0.2, 0.25) is 5.91 Å². The van der Waals surface area contributed by atoms with Crippen molar-refractivity contribution >= 4 is 17.5 Å². The molecule has 0 aromatic heterocycles. The van der Waals surface area contributed by atoms with Crippen molar-refractivity contribution in [3.63, 3.8) is 0 Å². The number of nitrogens with one attached hydrogen (secondary N) is 1. The van der Waals surface area contributed by atoms with Crippen LogP contribution in [0.5, 0.6) is 0 Å². The van der Waals surface area contributed by atoms with Gasteiger partial charge in [0.05, 0.1) is 0 Å². The summed E-state index contributed by atoms with van der Waals surface area (Å²) in [6, 6.07) is 0. The van der Waals surface area contributed by atoms with Crippen molar-refractivity contribution in [3.05, 3.63) is 0 Å². The first-order valence-corrected chi connectivity index (χ1v) is 5.97. The number of hydrogen-bond donors (Lipinski definition) is 1. The molecule has 1 N–H and O–H groups in total. The molecule has 0 fully saturated rings. The van der Waals surface area contributed by atoms with Crippen LogP contribution in [0.25, 0.3) is 0 Å². The van der Waals surface area contributed by atoms with Crippen molar-refractivity contribution in [1.29, 1.82) is 0 Å². The molecule has 0 aliphatic rings. The zero-order valence-corrected chi connectivity index (χ0v) is 10.2. The van der Waals surface area contributed by atoms with E-state index in [1.165, 1.54) is 19.3 Å². The number of carbonyl (C=O) groups excluding carboxylic acids is 1. The van der Waals surface area contributed by atoms with E-state index in [9.17, 15) is 4.79 Å². The topological polar surface area (TPSA) is 29.1 Å². The lowest BCUT2D eigenvalue weighted by atomic mass is 9.99. The maximum atomic E-state index is 11.2. The molecule has 0 aliphatic carbocycles. The first kappa shape index (κ1) is 13.8. The highest BCUT2D eigenvalue weighted by atomic mass is 35.5. The van der Waals surface area contributed by atoms with E-state index in [1.54, 1.807) is 6.92 Å². The Balaban J connectivity index is 3.66. The fourth-order valence-electron chi connectivity index (χ4n) is 1.33. The maximum absolute atomic E-state index is 11.2. The molecule has 0 aromatic rings. The molecular weight excluding hydrogens is 198 g/mol. The van der Waals surface area contributed by atoms with E-state index in [-0.39, 0.29) is 5.91 Å².